The van der Waals surface area contributed by atoms with Crippen LogP contribution in [0.4, 0.5) is 5.69 Å². The van der Waals surface area contributed by atoms with Crippen molar-refractivity contribution in [1.82, 2.24) is 10.2 Å². The van der Waals surface area contributed by atoms with Crippen LogP contribution in [0.3, 0.4) is 0 Å². The zero-order valence-corrected chi connectivity index (χ0v) is 24.7. The second-order valence-electron chi connectivity index (χ2n) is 9.83. The summed E-state index contributed by atoms with van der Waals surface area (Å²) < 4.78 is 34.5. The first-order valence-corrected chi connectivity index (χ1v) is 14.9. The van der Waals surface area contributed by atoms with E-state index in [0.29, 0.717) is 12.3 Å². The van der Waals surface area contributed by atoms with E-state index < -0.39 is 28.5 Å². The number of amides is 2. The molecule has 0 aliphatic heterocycles. The molecule has 0 saturated carbocycles. The molecule has 0 heterocycles. The molecular formula is C31H39N3O5S. The maximum Gasteiger partial charge on any atom is 0.264 e. The van der Waals surface area contributed by atoms with Crippen molar-refractivity contribution in [1.29, 1.82) is 0 Å². The molecule has 0 aliphatic carbocycles. The third-order valence-corrected chi connectivity index (χ3v) is 8.45. The number of nitrogens with zero attached hydrogens (tertiary/aromatic N) is 2. The van der Waals surface area contributed by atoms with E-state index in [1.54, 1.807) is 43.3 Å². The summed E-state index contributed by atoms with van der Waals surface area (Å²) in [7, 11) is -2.72. The van der Waals surface area contributed by atoms with Crippen molar-refractivity contribution >= 4 is 27.5 Å². The number of methoxy groups -OCH3 is 1. The molecule has 0 fully saturated rings. The Balaban J connectivity index is 2.04. The number of carbonyl (C=O) groups is 2. The van der Waals surface area contributed by atoms with Gasteiger partial charge in [-0.1, -0.05) is 73.0 Å². The van der Waals surface area contributed by atoms with E-state index in [1.165, 1.54) is 24.1 Å². The number of sulfonamides is 1. The van der Waals surface area contributed by atoms with Gasteiger partial charge in [-0.05, 0) is 57.0 Å². The lowest BCUT2D eigenvalue weighted by atomic mass is 10.1. The summed E-state index contributed by atoms with van der Waals surface area (Å²) in [5.41, 5.74) is 3.00. The van der Waals surface area contributed by atoms with Crippen LogP contribution in [0, 0.1) is 13.8 Å². The van der Waals surface area contributed by atoms with E-state index in [0.717, 1.165) is 33.8 Å². The smallest absolute Gasteiger partial charge is 0.264 e. The second kappa shape index (κ2) is 14.0. The van der Waals surface area contributed by atoms with Crippen LogP contribution in [-0.2, 0) is 26.2 Å². The Bertz CT molecular complexity index is 1410. The van der Waals surface area contributed by atoms with Crippen molar-refractivity contribution in [2.24, 2.45) is 0 Å². The lowest BCUT2D eigenvalue weighted by molar-refractivity contribution is -0.139. The number of unbranched alkanes of at least 4 members (excludes halogenated alkanes) is 1. The Kier molecular flexibility index (Phi) is 10.7. The number of carbonyl (C=O) groups excluding carboxylic acids is 2. The van der Waals surface area contributed by atoms with Gasteiger partial charge in [0.1, 0.15) is 18.3 Å². The SMILES string of the molecule is CCCCNC(=O)[C@H](C)N(Cc1cccc(C)c1)C(=O)CN(c1ccccc1OC)S(=O)(=O)c1ccc(C)cc1. The van der Waals surface area contributed by atoms with Crippen LogP contribution in [0.25, 0.3) is 0 Å². The fraction of sp³-hybridized carbons (Fsp3) is 0.355. The minimum absolute atomic E-state index is 0.0485. The Morgan fingerprint density at radius 2 is 1.65 bits per heavy atom. The lowest BCUT2D eigenvalue weighted by Crippen LogP contribution is -2.51. The zero-order chi connectivity index (χ0) is 29.3. The van der Waals surface area contributed by atoms with Crippen LogP contribution in [0.1, 0.15) is 43.4 Å². The van der Waals surface area contributed by atoms with Crippen LogP contribution in [-0.4, -0.2) is 51.4 Å². The van der Waals surface area contributed by atoms with E-state index in [-0.39, 0.29) is 23.0 Å². The number of para-hydroxylation sites is 2. The van der Waals surface area contributed by atoms with Crippen molar-refractivity contribution in [2.45, 2.75) is 58.0 Å². The van der Waals surface area contributed by atoms with Gasteiger partial charge < -0.3 is 15.0 Å². The van der Waals surface area contributed by atoms with Gasteiger partial charge in [0.05, 0.1) is 17.7 Å². The molecule has 3 aromatic carbocycles. The average Bonchev–Trinajstić information content (AvgIpc) is 2.94. The Hall–Kier alpha value is -3.85. The summed E-state index contributed by atoms with van der Waals surface area (Å²) in [4.78, 5) is 28.6. The standard InChI is InChI=1S/C31H39N3O5S/c1-6-7-19-32-31(36)25(4)33(21-26-12-10-11-24(3)20-26)30(35)22-34(28-13-8-9-14-29(28)39-5)40(37,38)27-17-15-23(2)16-18-27/h8-18,20,25H,6-7,19,21-22H2,1-5H3,(H,32,36)/t25-/m0/s1. The van der Waals surface area contributed by atoms with Gasteiger partial charge in [-0.15, -0.1) is 0 Å². The van der Waals surface area contributed by atoms with Gasteiger partial charge in [0.15, 0.2) is 0 Å². The molecule has 0 bridgehead atoms. The van der Waals surface area contributed by atoms with Gasteiger partial charge >= 0.3 is 0 Å². The fourth-order valence-electron chi connectivity index (χ4n) is 4.31. The number of aryl methyl sites for hydroxylation is 2. The first kappa shape index (κ1) is 30.7. The van der Waals surface area contributed by atoms with Crippen molar-refractivity contribution in [3.05, 3.63) is 89.5 Å². The van der Waals surface area contributed by atoms with Crippen molar-refractivity contribution < 1.29 is 22.7 Å². The molecule has 9 heteroatoms. The third-order valence-electron chi connectivity index (χ3n) is 6.67. The summed E-state index contributed by atoms with van der Waals surface area (Å²) in [6.45, 7) is 7.65. The fourth-order valence-corrected chi connectivity index (χ4v) is 5.74. The maximum absolute atomic E-state index is 14.0. The lowest BCUT2D eigenvalue weighted by Gasteiger charge is -2.32. The van der Waals surface area contributed by atoms with Gasteiger partial charge in [0.2, 0.25) is 11.8 Å². The normalized spacial score (nSPS) is 11.9. The molecule has 0 aliphatic rings. The van der Waals surface area contributed by atoms with E-state index in [4.69, 9.17) is 4.74 Å². The molecule has 40 heavy (non-hydrogen) atoms. The number of rotatable bonds is 13. The summed E-state index contributed by atoms with van der Waals surface area (Å²) in [6, 6.07) is 20.0. The van der Waals surface area contributed by atoms with Gasteiger partial charge in [0.25, 0.3) is 10.0 Å². The average molecular weight is 566 g/mol. The number of hydrogen-bond donors (Lipinski definition) is 1. The molecule has 1 N–H and O–H groups in total. The largest absolute Gasteiger partial charge is 0.495 e. The highest BCUT2D eigenvalue weighted by Crippen LogP contribution is 2.32. The number of benzene rings is 3. The highest BCUT2D eigenvalue weighted by Gasteiger charge is 2.33. The Morgan fingerprint density at radius 1 is 0.950 bits per heavy atom. The molecule has 3 aromatic rings. The van der Waals surface area contributed by atoms with E-state index in [1.807, 2.05) is 45.0 Å². The summed E-state index contributed by atoms with van der Waals surface area (Å²) >= 11 is 0. The van der Waals surface area contributed by atoms with E-state index in [2.05, 4.69) is 5.32 Å². The first-order valence-electron chi connectivity index (χ1n) is 13.4. The van der Waals surface area contributed by atoms with Crippen molar-refractivity contribution in [3.63, 3.8) is 0 Å². The highest BCUT2D eigenvalue weighted by molar-refractivity contribution is 7.92. The van der Waals surface area contributed by atoms with Gasteiger partial charge in [0, 0.05) is 13.1 Å². The van der Waals surface area contributed by atoms with E-state index in [9.17, 15) is 18.0 Å². The summed E-state index contributed by atoms with van der Waals surface area (Å²) in [6.07, 6.45) is 1.74. The molecule has 214 valence electrons. The molecule has 2 amide bonds. The molecule has 0 spiro atoms. The minimum atomic E-state index is -4.17. The molecular weight excluding hydrogens is 526 g/mol. The van der Waals surface area contributed by atoms with Crippen molar-refractivity contribution in [3.8, 4) is 5.75 Å². The number of hydrogen-bond acceptors (Lipinski definition) is 5. The molecule has 0 radical (unpaired) electrons. The van der Waals surface area contributed by atoms with E-state index >= 15 is 0 Å². The number of anilines is 1. The summed E-state index contributed by atoms with van der Waals surface area (Å²) in [5.74, 6) is -0.498. The van der Waals surface area contributed by atoms with Crippen LogP contribution in [0.15, 0.2) is 77.7 Å². The zero-order valence-electron chi connectivity index (χ0n) is 23.9. The van der Waals surface area contributed by atoms with Crippen LogP contribution in [0.2, 0.25) is 0 Å². The molecule has 8 nitrogen and oxygen atoms in total. The molecule has 0 saturated heterocycles. The van der Waals surface area contributed by atoms with Crippen molar-refractivity contribution in [2.75, 3.05) is 24.5 Å². The molecule has 3 rings (SSSR count). The topological polar surface area (TPSA) is 96.0 Å². The number of nitrogens with one attached hydrogen (secondary N) is 1. The molecule has 0 aromatic heterocycles. The third kappa shape index (κ3) is 7.63. The van der Waals surface area contributed by atoms with Gasteiger partial charge in [-0.25, -0.2) is 8.42 Å². The van der Waals surface area contributed by atoms with Crippen LogP contribution < -0.4 is 14.4 Å². The Labute approximate surface area is 238 Å². The predicted molar refractivity (Wildman–Crippen MR) is 158 cm³/mol. The molecule has 0 unspecified atom stereocenters. The highest BCUT2D eigenvalue weighted by atomic mass is 32.2. The minimum Gasteiger partial charge on any atom is -0.495 e. The van der Waals surface area contributed by atoms with Gasteiger partial charge in [-0.2, -0.15) is 0 Å². The second-order valence-corrected chi connectivity index (χ2v) is 11.7. The van der Waals surface area contributed by atoms with Crippen LogP contribution in [0.5, 0.6) is 5.75 Å². The monoisotopic (exact) mass is 565 g/mol. The predicted octanol–water partition coefficient (Wildman–Crippen LogP) is 4.84. The maximum atomic E-state index is 14.0. The first-order chi connectivity index (χ1) is 19.1. The quantitative estimate of drug-likeness (QED) is 0.299. The van der Waals surface area contributed by atoms with Gasteiger partial charge in [-0.3, -0.25) is 13.9 Å². The molecule has 1 atom stereocenters. The number of ether oxygens (including phenoxy) is 1. The Morgan fingerprint density at radius 3 is 2.30 bits per heavy atom. The summed E-state index contributed by atoms with van der Waals surface area (Å²) in [5, 5.41) is 2.90. The van der Waals surface area contributed by atoms with Crippen LogP contribution >= 0.6 is 0 Å².